The van der Waals surface area contributed by atoms with Gasteiger partial charge in [0.05, 0.1) is 0 Å². The van der Waals surface area contributed by atoms with Crippen LogP contribution in [0.2, 0.25) is 0 Å². The van der Waals surface area contributed by atoms with E-state index >= 15 is 0 Å². The summed E-state index contributed by atoms with van der Waals surface area (Å²) in [6.45, 7) is 1.37. The molecule has 1 aliphatic heterocycles. The SMILES string of the molecule is O=C(NCCCNC(=O)C1CCN(S(=O)(=O)c2cccnc2)CC1)c1cccc(O)c1. The van der Waals surface area contributed by atoms with Gasteiger partial charge in [-0.05, 0) is 49.6 Å². The summed E-state index contributed by atoms with van der Waals surface area (Å²) in [4.78, 5) is 28.4. The molecule has 0 bridgehead atoms. The lowest BCUT2D eigenvalue weighted by molar-refractivity contribution is -0.126. The van der Waals surface area contributed by atoms with E-state index in [-0.39, 0.29) is 41.5 Å². The summed E-state index contributed by atoms with van der Waals surface area (Å²) in [6, 6.07) is 9.18. The molecule has 9 nitrogen and oxygen atoms in total. The number of rotatable bonds is 8. The maximum absolute atomic E-state index is 12.6. The summed E-state index contributed by atoms with van der Waals surface area (Å²) in [5.74, 6) is -0.594. The predicted molar refractivity (Wildman–Crippen MR) is 114 cm³/mol. The van der Waals surface area contributed by atoms with E-state index in [1.165, 1.54) is 34.9 Å². The van der Waals surface area contributed by atoms with Crippen LogP contribution in [-0.2, 0) is 14.8 Å². The molecule has 2 heterocycles. The van der Waals surface area contributed by atoms with E-state index in [0.717, 1.165) is 0 Å². The molecule has 3 N–H and O–H groups in total. The lowest BCUT2D eigenvalue weighted by Crippen LogP contribution is -2.43. The van der Waals surface area contributed by atoms with Crippen LogP contribution in [0.4, 0.5) is 0 Å². The minimum absolute atomic E-state index is 0.0270. The normalized spacial score (nSPS) is 15.4. The highest BCUT2D eigenvalue weighted by atomic mass is 32.2. The van der Waals surface area contributed by atoms with E-state index in [4.69, 9.17) is 0 Å². The molecule has 0 spiro atoms. The van der Waals surface area contributed by atoms with Gasteiger partial charge in [0, 0.05) is 50.1 Å². The zero-order valence-electron chi connectivity index (χ0n) is 17.0. The van der Waals surface area contributed by atoms with Crippen molar-refractivity contribution in [3.63, 3.8) is 0 Å². The Bertz CT molecular complexity index is 1010. The van der Waals surface area contributed by atoms with Gasteiger partial charge in [0.2, 0.25) is 15.9 Å². The van der Waals surface area contributed by atoms with E-state index in [1.54, 1.807) is 18.2 Å². The van der Waals surface area contributed by atoms with Crippen LogP contribution >= 0.6 is 0 Å². The largest absolute Gasteiger partial charge is 0.508 e. The Balaban J connectivity index is 1.36. The van der Waals surface area contributed by atoms with Gasteiger partial charge in [-0.3, -0.25) is 14.6 Å². The number of nitrogens with one attached hydrogen (secondary N) is 2. The number of carbonyl (C=O) groups is 2. The highest BCUT2D eigenvalue weighted by Gasteiger charge is 2.32. The van der Waals surface area contributed by atoms with Gasteiger partial charge in [0.1, 0.15) is 10.6 Å². The van der Waals surface area contributed by atoms with Crippen molar-refractivity contribution in [2.45, 2.75) is 24.2 Å². The van der Waals surface area contributed by atoms with Crippen molar-refractivity contribution < 1.29 is 23.1 Å². The maximum Gasteiger partial charge on any atom is 0.251 e. The zero-order chi connectivity index (χ0) is 22.3. The third-order valence-corrected chi connectivity index (χ3v) is 7.03. The topological polar surface area (TPSA) is 129 Å². The van der Waals surface area contributed by atoms with Gasteiger partial charge in [-0.2, -0.15) is 4.31 Å². The van der Waals surface area contributed by atoms with E-state index in [2.05, 4.69) is 15.6 Å². The number of nitrogens with zero attached hydrogens (tertiary/aromatic N) is 2. The van der Waals surface area contributed by atoms with Gasteiger partial charge in [0.25, 0.3) is 5.91 Å². The molecule has 1 fully saturated rings. The number of hydrogen-bond acceptors (Lipinski definition) is 6. The second-order valence-electron chi connectivity index (χ2n) is 7.32. The molecule has 166 valence electrons. The van der Waals surface area contributed by atoms with Crippen molar-refractivity contribution in [1.29, 1.82) is 0 Å². The van der Waals surface area contributed by atoms with Crippen LogP contribution in [0.5, 0.6) is 5.75 Å². The fourth-order valence-electron chi connectivity index (χ4n) is 3.40. The third kappa shape index (κ3) is 6.02. The van der Waals surface area contributed by atoms with Crippen LogP contribution in [0.3, 0.4) is 0 Å². The molecule has 1 aromatic heterocycles. The minimum Gasteiger partial charge on any atom is -0.508 e. The van der Waals surface area contributed by atoms with Crippen LogP contribution in [0, 0.1) is 5.92 Å². The van der Waals surface area contributed by atoms with Gasteiger partial charge >= 0.3 is 0 Å². The Hall–Kier alpha value is -2.98. The fraction of sp³-hybridized carbons (Fsp3) is 0.381. The fourth-order valence-corrected chi connectivity index (χ4v) is 4.84. The smallest absolute Gasteiger partial charge is 0.251 e. The molecule has 0 unspecified atom stereocenters. The summed E-state index contributed by atoms with van der Waals surface area (Å²) in [7, 11) is -3.59. The van der Waals surface area contributed by atoms with Gasteiger partial charge < -0.3 is 15.7 Å². The van der Waals surface area contributed by atoms with E-state index < -0.39 is 10.0 Å². The monoisotopic (exact) mass is 446 g/mol. The van der Waals surface area contributed by atoms with E-state index in [1.807, 2.05) is 0 Å². The number of pyridine rings is 1. The standard InChI is InChI=1S/C21H26N4O5S/c26-18-5-1-4-17(14-18)21(28)24-11-3-10-23-20(27)16-7-12-25(13-8-16)31(29,30)19-6-2-9-22-15-19/h1-2,4-6,9,14-16,26H,3,7-8,10-13H2,(H,23,27)(H,24,28). The third-order valence-electron chi connectivity index (χ3n) is 5.14. The molecule has 1 saturated heterocycles. The molecule has 31 heavy (non-hydrogen) atoms. The second-order valence-corrected chi connectivity index (χ2v) is 9.26. The van der Waals surface area contributed by atoms with Gasteiger partial charge in [-0.25, -0.2) is 8.42 Å². The molecule has 2 amide bonds. The number of phenolic OH excluding ortho intramolecular Hbond substituents is 1. The van der Waals surface area contributed by atoms with Crippen LogP contribution in [0.15, 0.2) is 53.7 Å². The van der Waals surface area contributed by atoms with Crippen LogP contribution in [-0.4, -0.2) is 60.8 Å². The molecule has 0 aliphatic carbocycles. The second kappa shape index (κ2) is 10.4. The number of aromatic nitrogens is 1. The number of sulfonamides is 1. The molecule has 0 radical (unpaired) electrons. The number of amides is 2. The maximum atomic E-state index is 12.6. The molecule has 1 aromatic carbocycles. The zero-order valence-corrected chi connectivity index (χ0v) is 17.8. The first-order valence-electron chi connectivity index (χ1n) is 10.1. The summed E-state index contributed by atoms with van der Waals surface area (Å²) >= 11 is 0. The lowest BCUT2D eigenvalue weighted by atomic mass is 9.97. The average molecular weight is 447 g/mol. The Morgan fingerprint density at radius 2 is 1.84 bits per heavy atom. The Morgan fingerprint density at radius 3 is 2.52 bits per heavy atom. The van der Waals surface area contributed by atoms with Crippen molar-refractivity contribution in [2.24, 2.45) is 5.92 Å². The number of benzene rings is 1. The van der Waals surface area contributed by atoms with E-state index in [9.17, 15) is 23.1 Å². The van der Waals surface area contributed by atoms with Gasteiger partial charge in [-0.1, -0.05) is 6.07 Å². The molecule has 0 saturated carbocycles. The number of piperidine rings is 1. The Morgan fingerprint density at radius 1 is 1.10 bits per heavy atom. The Kier molecular flexibility index (Phi) is 7.59. The van der Waals surface area contributed by atoms with Crippen LogP contribution in [0.25, 0.3) is 0 Å². The summed E-state index contributed by atoms with van der Waals surface area (Å²) < 4.78 is 26.6. The number of hydrogen-bond donors (Lipinski definition) is 3. The van der Waals surface area contributed by atoms with Crippen LogP contribution < -0.4 is 10.6 Å². The van der Waals surface area contributed by atoms with Gasteiger partial charge in [-0.15, -0.1) is 0 Å². The predicted octanol–water partition coefficient (Wildman–Crippen LogP) is 1.12. The lowest BCUT2D eigenvalue weighted by Gasteiger charge is -2.30. The van der Waals surface area contributed by atoms with Crippen LogP contribution in [0.1, 0.15) is 29.6 Å². The molecule has 10 heteroatoms. The van der Waals surface area contributed by atoms with Crippen molar-refractivity contribution in [1.82, 2.24) is 19.9 Å². The number of phenols is 1. The van der Waals surface area contributed by atoms with Crippen molar-refractivity contribution in [2.75, 3.05) is 26.2 Å². The molecular weight excluding hydrogens is 420 g/mol. The summed E-state index contributed by atoms with van der Waals surface area (Å²) in [6.07, 6.45) is 4.32. The van der Waals surface area contributed by atoms with Crippen molar-refractivity contribution in [3.05, 3.63) is 54.4 Å². The molecule has 0 atom stereocenters. The van der Waals surface area contributed by atoms with E-state index in [0.29, 0.717) is 37.9 Å². The first-order valence-corrected chi connectivity index (χ1v) is 11.6. The average Bonchev–Trinajstić information content (AvgIpc) is 2.79. The molecule has 3 rings (SSSR count). The first-order chi connectivity index (χ1) is 14.9. The van der Waals surface area contributed by atoms with Crippen molar-refractivity contribution >= 4 is 21.8 Å². The highest BCUT2D eigenvalue weighted by Crippen LogP contribution is 2.23. The molecule has 2 aromatic rings. The quantitative estimate of drug-likeness (QED) is 0.522. The number of carbonyl (C=O) groups excluding carboxylic acids is 2. The minimum atomic E-state index is -3.59. The van der Waals surface area contributed by atoms with Crippen molar-refractivity contribution in [3.8, 4) is 5.75 Å². The molecular formula is C21H26N4O5S. The summed E-state index contributed by atoms with van der Waals surface area (Å²) in [5, 5.41) is 15.0. The Labute approximate surface area is 181 Å². The summed E-state index contributed by atoms with van der Waals surface area (Å²) in [5.41, 5.74) is 0.372. The number of aromatic hydroxyl groups is 1. The van der Waals surface area contributed by atoms with Gasteiger partial charge in [0.15, 0.2) is 0 Å². The first kappa shape index (κ1) is 22.7. The highest BCUT2D eigenvalue weighted by molar-refractivity contribution is 7.89. The molecule has 1 aliphatic rings.